The number of thioether (sulfide) groups is 1. The topological polar surface area (TPSA) is 76.7 Å². The molecule has 156 valence electrons. The van der Waals surface area contributed by atoms with Crippen molar-refractivity contribution in [1.82, 2.24) is 10.4 Å². The number of hydrogen-bond acceptors (Lipinski definition) is 6. The Bertz CT molecular complexity index is 1180. The number of oxazole rings is 1. The quantitative estimate of drug-likeness (QED) is 0.201. The molecule has 1 aromatic heterocycles. The van der Waals surface area contributed by atoms with Crippen molar-refractivity contribution in [2.24, 2.45) is 5.10 Å². The van der Waals surface area contributed by atoms with Crippen LogP contribution in [0, 0.1) is 0 Å². The second-order valence-corrected chi connectivity index (χ2v) is 8.33. The van der Waals surface area contributed by atoms with Crippen LogP contribution in [-0.4, -0.2) is 22.9 Å². The van der Waals surface area contributed by atoms with Crippen molar-refractivity contribution >= 4 is 50.9 Å². The molecule has 1 N–H and O–H groups in total. The first-order chi connectivity index (χ1) is 15.2. The summed E-state index contributed by atoms with van der Waals surface area (Å²) in [5.74, 6) is 0.552. The fourth-order valence-corrected chi connectivity index (χ4v) is 3.74. The molecule has 0 aliphatic rings. The molecule has 0 aliphatic carbocycles. The van der Waals surface area contributed by atoms with E-state index in [-0.39, 0.29) is 11.7 Å². The molecular weight excluding hydrogens is 478 g/mol. The van der Waals surface area contributed by atoms with Crippen molar-refractivity contribution in [1.29, 1.82) is 0 Å². The molecule has 0 aliphatic heterocycles. The maximum Gasteiger partial charge on any atom is 0.257 e. The number of hydrogen-bond donors (Lipinski definition) is 1. The van der Waals surface area contributed by atoms with Gasteiger partial charge in [0.2, 0.25) is 0 Å². The Balaban J connectivity index is 1.33. The second kappa shape index (κ2) is 10.3. The highest BCUT2D eigenvalue weighted by Crippen LogP contribution is 2.24. The Morgan fingerprint density at radius 2 is 1.94 bits per heavy atom. The second-order valence-electron chi connectivity index (χ2n) is 6.49. The van der Waals surface area contributed by atoms with Gasteiger partial charge in [0.25, 0.3) is 11.1 Å². The van der Waals surface area contributed by atoms with E-state index in [0.717, 1.165) is 21.1 Å². The van der Waals surface area contributed by atoms with E-state index in [1.54, 1.807) is 6.21 Å². The summed E-state index contributed by atoms with van der Waals surface area (Å²) in [5, 5.41) is 4.51. The lowest BCUT2D eigenvalue weighted by molar-refractivity contribution is -0.118. The van der Waals surface area contributed by atoms with Gasteiger partial charge >= 0.3 is 0 Å². The number of para-hydroxylation sites is 2. The van der Waals surface area contributed by atoms with Crippen molar-refractivity contribution in [3.8, 4) is 5.75 Å². The van der Waals surface area contributed by atoms with Gasteiger partial charge in [-0.15, -0.1) is 0 Å². The highest BCUT2D eigenvalue weighted by atomic mass is 79.9. The van der Waals surface area contributed by atoms with Gasteiger partial charge in [-0.2, -0.15) is 5.10 Å². The number of halogens is 1. The Labute approximate surface area is 191 Å². The maximum absolute atomic E-state index is 12.1. The summed E-state index contributed by atoms with van der Waals surface area (Å²) in [7, 11) is 0. The van der Waals surface area contributed by atoms with Gasteiger partial charge < -0.3 is 9.15 Å². The van der Waals surface area contributed by atoms with E-state index in [0.29, 0.717) is 23.2 Å². The summed E-state index contributed by atoms with van der Waals surface area (Å²) in [4.78, 5) is 16.5. The van der Waals surface area contributed by atoms with Crippen molar-refractivity contribution in [3.05, 3.63) is 88.4 Å². The van der Waals surface area contributed by atoms with Gasteiger partial charge in [0.1, 0.15) is 17.9 Å². The third kappa shape index (κ3) is 5.96. The molecule has 1 heterocycles. The molecule has 0 fully saturated rings. The lowest BCUT2D eigenvalue weighted by atomic mass is 10.2. The summed E-state index contributed by atoms with van der Waals surface area (Å²) >= 11 is 4.67. The zero-order valence-corrected chi connectivity index (χ0v) is 18.7. The van der Waals surface area contributed by atoms with Gasteiger partial charge in [-0.25, -0.2) is 10.4 Å². The highest BCUT2D eigenvalue weighted by molar-refractivity contribution is 9.10. The lowest BCUT2D eigenvalue weighted by Gasteiger charge is -2.09. The minimum atomic E-state index is -0.259. The molecule has 6 nitrogen and oxygen atoms in total. The van der Waals surface area contributed by atoms with Crippen LogP contribution in [0.2, 0.25) is 0 Å². The Morgan fingerprint density at radius 3 is 2.77 bits per heavy atom. The molecule has 31 heavy (non-hydrogen) atoms. The van der Waals surface area contributed by atoms with Crippen molar-refractivity contribution in [2.45, 2.75) is 11.8 Å². The number of ether oxygens (including phenoxy) is 1. The van der Waals surface area contributed by atoms with Crippen LogP contribution in [0.5, 0.6) is 5.75 Å². The number of aromatic nitrogens is 1. The number of benzene rings is 3. The SMILES string of the molecule is O=C(CSc1nc2ccccc2o1)N/N=C\c1cc(Br)ccc1OCc1ccccc1. The van der Waals surface area contributed by atoms with Crippen molar-refractivity contribution in [3.63, 3.8) is 0 Å². The van der Waals surface area contributed by atoms with Gasteiger partial charge in [0.15, 0.2) is 5.58 Å². The van der Waals surface area contributed by atoms with Crippen LogP contribution in [-0.2, 0) is 11.4 Å². The molecule has 3 aromatic carbocycles. The van der Waals surface area contributed by atoms with E-state index in [1.807, 2.05) is 72.8 Å². The molecule has 0 atom stereocenters. The van der Waals surface area contributed by atoms with Crippen molar-refractivity contribution < 1.29 is 13.9 Å². The van der Waals surface area contributed by atoms with E-state index in [9.17, 15) is 4.79 Å². The van der Waals surface area contributed by atoms with E-state index < -0.39 is 0 Å². The molecule has 0 radical (unpaired) electrons. The minimum absolute atomic E-state index is 0.139. The molecule has 4 rings (SSSR count). The molecule has 0 saturated carbocycles. The van der Waals surface area contributed by atoms with Crippen LogP contribution in [0.15, 0.2) is 92.0 Å². The summed E-state index contributed by atoms with van der Waals surface area (Å²) in [6.45, 7) is 0.441. The average molecular weight is 496 g/mol. The van der Waals surface area contributed by atoms with Crippen LogP contribution < -0.4 is 10.2 Å². The molecule has 4 aromatic rings. The predicted molar refractivity (Wildman–Crippen MR) is 125 cm³/mol. The zero-order chi connectivity index (χ0) is 21.5. The van der Waals surface area contributed by atoms with Gasteiger partial charge in [0, 0.05) is 10.0 Å². The van der Waals surface area contributed by atoms with E-state index in [4.69, 9.17) is 9.15 Å². The van der Waals surface area contributed by atoms with E-state index in [1.165, 1.54) is 11.8 Å². The third-order valence-corrected chi connectivity index (χ3v) is 5.52. The first-order valence-electron chi connectivity index (χ1n) is 9.44. The zero-order valence-electron chi connectivity index (χ0n) is 16.3. The first kappa shape index (κ1) is 21.1. The molecule has 0 bridgehead atoms. The average Bonchev–Trinajstić information content (AvgIpc) is 3.21. The molecule has 0 unspecified atom stereocenters. The van der Waals surface area contributed by atoms with Crippen LogP contribution in [0.25, 0.3) is 11.1 Å². The number of amides is 1. The molecule has 8 heteroatoms. The van der Waals surface area contributed by atoms with Gasteiger partial charge in [-0.05, 0) is 35.9 Å². The van der Waals surface area contributed by atoms with Crippen LogP contribution >= 0.6 is 27.7 Å². The monoisotopic (exact) mass is 495 g/mol. The first-order valence-corrected chi connectivity index (χ1v) is 11.2. The molecule has 0 spiro atoms. The van der Waals surface area contributed by atoms with Gasteiger partial charge in [-0.3, -0.25) is 4.79 Å². The smallest absolute Gasteiger partial charge is 0.257 e. The maximum atomic E-state index is 12.1. The van der Waals surface area contributed by atoms with E-state index >= 15 is 0 Å². The molecular formula is C23H18BrN3O3S. The summed E-state index contributed by atoms with van der Waals surface area (Å²) < 4.78 is 12.4. The van der Waals surface area contributed by atoms with Crippen molar-refractivity contribution in [2.75, 3.05) is 5.75 Å². The van der Waals surface area contributed by atoms with Gasteiger partial charge in [-0.1, -0.05) is 70.2 Å². The number of fused-ring (bicyclic) bond motifs is 1. The third-order valence-electron chi connectivity index (χ3n) is 4.20. The Hall–Kier alpha value is -3.10. The number of nitrogens with one attached hydrogen (secondary N) is 1. The van der Waals surface area contributed by atoms with Crippen LogP contribution in [0.4, 0.5) is 0 Å². The minimum Gasteiger partial charge on any atom is -0.488 e. The predicted octanol–water partition coefficient (Wildman–Crippen LogP) is 5.41. The molecule has 1 amide bonds. The number of carbonyl (C=O) groups is 1. The normalized spacial score (nSPS) is 11.1. The molecule has 0 saturated heterocycles. The largest absolute Gasteiger partial charge is 0.488 e. The van der Waals surface area contributed by atoms with Crippen LogP contribution in [0.1, 0.15) is 11.1 Å². The summed E-state index contributed by atoms with van der Waals surface area (Å²) in [6, 6.07) is 23.0. The lowest BCUT2D eigenvalue weighted by Crippen LogP contribution is -2.19. The number of carbonyl (C=O) groups excluding carboxylic acids is 1. The number of hydrazone groups is 1. The Morgan fingerprint density at radius 1 is 1.13 bits per heavy atom. The Kier molecular flexibility index (Phi) is 7.01. The summed E-state index contributed by atoms with van der Waals surface area (Å²) in [6.07, 6.45) is 1.56. The summed E-state index contributed by atoms with van der Waals surface area (Å²) in [5.41, 5.74) is 5.80. The highest BCUT2D eigenvalue weighted by Gasteiger charge is 2.09. The fourth-order valence-electron chi connectivity index (χ4n) is 2.73. The number of rotatable bonds is 8. The van der Waals surface area contributed by atoms with E-state index in [2.05, 4.69) is 31.4 Å². The number of nitrogens with zero attached hydrogens (tertiary/aromatic N) is 2. The van der Waals surface area contributed by atoms with Gasteiger partial charge in [0.05, 0.1) is 12.0 Å². The standard InChI is InChI=1S/C23H18BrN3O3S/c24-18-10-11-20(29-14-16-6-2-1-3-7-16)17(12-18)13-25-27-22(28)15-31-23-26-19-8-4-5-9-21(19)30-23/h1-13H,14-15H2,(H,27,28)/b25-13-. The van der Waals surface area contributed by atoms with Crippen LogP contribution in [0.3, 0.4) is 0 Å². The fraction of sp³-hybridized carbons (Fsp3) is 0.0870.